The Bertz CT molecular complexity index is 485. The van der Waals surface area contributed by atoms with Crippen LogP contribution in [0.3, 0.4) is 0 Å². The van der Waals surface area contributed by atoms with Gasteiger partial charge >= 0.3 is 12.1 Å². The van der Waals surface area contributed by atoms with Crippen molar-refractivity contribution in [2.75, 3.05) is 7.11 Å². The van der Waals surface area contributed by atoms with Gasteiger partial charge in [0.2, 0.25) is 0 Å². The number of halogens is 5. The summed E-state index contributed by atoms with van der Waals surface area (Å²) in [6.07, 6.45) is -8.24. The van der Waals surface area contributed by atoms with Crippen molar-refractivity contribution in [1.29, 1.82) is 0 Å². The molecule has 1 rings (SSSR count). The van der Waals surface area contributed by atoms with E-state index in [2.05, 4.69) is 9.72 Å². The lowest BCUT2D eigenvalue weighted by Gasteiger charge is -2.16. The zero-order chi connectivity index (χ0) is 14.8. The summed E-state index contributed by atoms with van der Waals surface area (Å²) >= 11 is 0. The number of aryl methyl sites for hydroxylation is 1. The van der Waals surface area contributed by atoms with E-state index in [-0.39, 0.29) is 5.56 Å². The van der Waals surface area contributed by atoms with Crippen molar-refractivity contribution in [1.82, 2.24) is 4.98 Å². The van der Waals surface area contributed by atoms with E-state index in [0.717, 1.165) is 7.11 Å². The second-order valence-corrected chi connectivity index (χ2v) is 3.73. The predicted octanol–water partition coefficient (Wildman–Crippen LogP) is 3.06. The maximum absolute atomic E-state index is 12.9. The summed E-state index contributed by atoms with van der Waals surface area (Å²) in [7, 11) is 0.959. The number of carbonyl (C=O) groups is 1. The molecule has 0 aliphatic carbocycles. The maximum Gasteiger partial charge on any atom is 0.433 e. The largest absolute Gasteiger partial charge is 0.469 e. The molecule has 106 valence electrons. The molecule has 1 heterocycles. The van der Waals surface area contributed by atoms with Crippen LogP contribution in [-0.4, -0.2) is 18.1 Å². The standard InChI is InChI=1S/C11H10F5NO2/c1-5-4-17-9(11(14,15)16)6(3-7(18)19-2)8(5)10(12)13/h4,10H,3H2,1-2H3. The molecule has 3 nitrogen and oxygen atoms in total. The van der Waals surface area contributed by atoms with Crippen molar-refractivity contribution < 1.29 is 31.5 Å². The minimum atomic E-state index is -4.92. The van der Waals surface area contributed by atoms with Crippen molar-refractivity contribution in [3.8, 4) is 0 Å². The van der Waals surface area contributed by atoms with E-state index >= 15 is 0 Å². The first-order chi connectivity index (χ1) is 8.68. The molecule has 19 heavy (non-hydrogen) atoms. The van der Waals surface area contributed by atoms with Crippen LogP contribution in [0, 0.1) is 6.92 Å². The highest BCUT2D eigenvalue weighted by atomic mass is 19.4. The quantitative estimate of drug-likeness (QED) is 0.632. The van der Waals surface area contributed by atoms with Gasteiger partial charge in [-0.1, -0.05) is 0 Å². The SMILES string of the molecule is COC(=O)Cc1c(C(F)(F)F)ncc(C)c1C(F)F. The normalized spacial score (nSPS) is 11.8. The van der Waals surface area contributed by atoms with Gasteiger partial charge in [0.25, 0.3) is 6.43 Å². The molecule has 0 saturated carbocycles. The molecule has 8 heteroatoms. The number of esters is 1. The topological polar surface area (TPSA) is 39.2 Å². The number of rotatable bonds is 3. The Morgan fingerprint density at radius 1 is 1.42 bits per heavy atom. The fourth-order valence-electron chi connectivity index (χ4n) is 1.62. The summed E-state index contributed by atoms with van der Waals surface area (Å²) in [5.41, 5.74) is -3.26. The lowest BCUT2D eigenvalue weighted by molar-refractivity contribution is -0.143. The van der Waals surface area contributed by atoms with Crippen molar-refractivity contribution >= 4 is 5.97 Å². The average molecular weight is 283 g/mol. The van der Waals surface area contributed by atoms with Crippen molar-refractivity contribution in [2.45, 2.75) is 25.9 Å². The molecule has 0 aromatic carbocycles. The van der Waals surface area contributed by atoms with E-state index in [1.165, 1.54) is 6.92 Å². The van der Waals surface area contributed by atoms with Gasteiger partial charge in [0.15, 0.2) is 0 Å². The van der Waals surface area contributed by atoms with Crippen molar-refractivity contribution in [3.05, 3.63) is 28.6 Å². The maximum atomic E-state index is 12.9. The molecule has 0 bridgehead atoms. The lowest BCUT2D eigenvalue weighted by Crippen LogP contribution is -2.18. The first-order valence-corrected chi connectivity index (χ1v) is 5.09. The molecule has 0 atom stereocenters. The van der Waals surface area contributed by atoms with Crippen LogP contribution in [0.4, 0.5) is 22.0 Å². The Hall–Kier alpha value is -1.73. The molecule has 0 aliphatic rings. The third kappa shape index (κ3) is 3.39. The highest BCUT2D eigenvalue weighted by Gasteiger charge is 2.38. The zero-order valence-corrected chi connectivity index (χ0v) is 10.0. The molecule has 0 spiro atoms. The van der Waals surface area contributed by atoms with Gasteiger partial charge in [-0.25, -0.2) is 8.78 Å². The Balaban J connectivity index is 3.49. The van der Waals surface area contributed by atoms with Gasteiger partial charge in [-0.15, -0.1) is 0 Å². The van der Waals surface area contributed by atoms with Crippen LogP contribution >= 0.6 is 0 Å². The molecule has 1 aromatic heterocycles. The summed E-state index contributed by atoms with van der Waals surface area (Å²) in [6, 6.07) is 0. The number of alkyl halides is 5. The molecule has 0 fully saturated rings. The van der Waals surface area contributed by atoms with Crippen LogP contribution in [0.5, 0.6) is 0 Å². The Kier molecular flexibility index (Phi) is 4.43. The number of carbonyl (C=O) groups excluding carboxylic acids is 1. The molecule has 0 N–H and O–H groups in total. The zero-order valence-electron chi connectivity index (χ0n) is 10.0. The van der Waals surface area contributed by atoms with Gasteiger partial charge in [-0.3, -0.25) is 9.78 Å². The van der Waals surface area contributed by atoms with Crippen LogP contribution in [0.1, 0.15) is 28.8 Å². The van der Waals surface area contributed by atoms with E-state index in [0.29, 0.717) is 6.20 Å². The highest BCUT2D eigenvalue weighted by Crippen LogP contribution is 2.36. The van der Waals surface area contributed by atoms with Gasteiger partial charge in [0.05, 0.1) is 13.5 Å². The number of pyridine rings is 1. The summed E-state index contributed by atoms with van der Waals surface area (Å²) < 4.78 is 68.1. The van der Waals surface area contributed by atoms with Crippen molar-refractivity contribution in [2.24, 2.45) is 0 Å². The fourth-order valence-corrected chi connectivity index (χ4v) is 1.62. The molecule has 0 aliphatic heterocycles. The van der Waals surface area contributed by atoms with Crippen molar-refractivity contribution in [3.63, 3.8) is 0 Å². The third-order valence-electron chi connectivity index (χ3n) is 2.46. The summed E-state index contributed by atoms with van der Waals surface area (Å²) in [5.74, 6) is -1.04. The van der Waals surface area contributed by atoms with Gasteiger partial charge in [0, 0.05) is 17.3 Å². The first-order valence-electron chi connectivity index (χ1n) is 5.09. The van der Waals surface area contributed by atoms with Gasteiger partial charge in [-0.05, 0) is 12.5 Å². The Labute approximate surface area is 105 Å². The number of nitrogens with zero attached hydrogens (tertiary/aromatic N) is 1. The minimum absolute atomic E-state index is 0.109. The first kappa shape index (κ1) is 15.3. The van der Waals surface area contributed by atoms with Crippen LogP contribution in [0.15, 0.2) is 6.20 Å². The molecular formula is C11H10F5NO2. The van der Waals surface area contributed by atoms with Crippen LogP contribution in [0.2, 0.25) is 0 Å². The molecule has 1 aromatic rings. The Morgan fingerprint density at radius 2 is 2.00 bits per heavy atom. The third-order valence-corrected chi connectivity index (χ3v) is 2.46. The number of aromatic nitrogens is 1. The number of hydrogen-bond acceptors (Lipinski definition) is 3. The van der Waals surface area contributed by atoms with Gasteiger partial charge in [0.1, 0.15) is 5.69 Å². The molecular weight excluding hydrogens is 273 g/mol. The van der Waals surface area contributed by atoms with Crippen LogP contribution in [-0.2, 0) is 22.1 Å². The Morgan fingerprint density at radius 3 is 2.42 bits per heavy atom. The smallest absolute Gasteiger partial charge is 0.433 e. The molecule has 0 radical (unpaired) electrons. The summed E-state index contributed by atoms with van der Waals surface area (Å²) in [4.78, 5) is 14.2. The van der Waals surface area contributed by atoms with Gasteiger partial charge < -0.3 is 4.74 Å². The minimum Gasteiger partial charge on any atom is -0.469 e. The highest BCUT2D eigenvalue weighted by molar-refractivity contribution is 5.73. The number of ether oxygens (including phenoxy) is 1. The van der Waals surface area contributed by atoms with E-state index in [1.807, 2.05) is 0 Å². The van der Waals surface area contributed by atoms with E-state index < -0.39 is 41.8 Å². The number of methoxy groups -OCH3 is 1. The fraction of sp³-hybridized carbons (Fsp3) is 0.455. The summed E-state index contributed by atoms with van der Waals surface area (Å²) in [6.45, 7) is 1.20. The van der Waals surface area contributed by atoms with Crippen LogP contribution < -0.4 is 0 Å². The average Bonchev–Trinajstić information content (AvgIpc) is 2.26. The lowest BCUT2D eigenvalue weighted by atomic mass is 9.99. The molecule has 0 saturated heterocycles. The summed E-state index contributed by atoms with van der Waals surface area (Å²) in [5, 5.41) is 0. The van der Waals surface area contributed by atoms with E-state index in [4.69, 9.17) is 0 Å². The molecule has 0 unspecified atom stereocenters. The van der Waals surface area contributed by atoms with Crippen LogP contribution in [0.25, 0.3) is 0 Å². The second kappa shape index (κ2) is 5.50. The monoisotopic (exact) mass is 283 g/mol. The second-order valence-electron chi connectivity index (χ2n) is 3.73. The number of hydrogen-bond donors (Lipinski definition) is 0. The molecule has 0 amide bonds. The van der Waals surface area contributed by atoms with E-state index in [9.17, 15) is 26.7 Å². The van der Waals surface area contributed by atoms with Gasteiger partial charge in [-0.2, -0.15) is 13.2 Å². The van der Waals surface area contributed by atoms with E-state index in [1.54, 1.807) is 0 Å². The predicted molar refractivity (Wildman–Crippen MR) is 54.7 cm³/mol.